The Labute approximate surface area is 185 Å². The fourth-order valence-electron chi connectivity index (χ4n) is 7.58. The second-order valence-corrected chi connectivity index (χ2v) is 10.9. The van der Waals surface area contributed by atoms with E-state index in [0.29, 0.717) is 5.41 Å². The van der Waals surface area contributed by atoms with Gasteiger partial charge in [0.05, 0.1) is 11.4 Å². The number of benzene rings is 1. The van der Waals surface area contributed by atoms with Crippen LogP contribution in [0.2, 0.25) is 0 Å². The number of pyridine rings is 1. The van der Waals surface area contributed by atoms with E-state index < -0.39 is 0 Å². The molecule has 4 fully saturated rings. The lowest BCUT2D eigenvalue weighted by Crippen LogP contribution is -2.48. The SMILES string of the molecule is Cc1ccc(-c2[nH]c3ccc(C45CC6CC(CC(C6)C4)C5)cc3c2CCCCN)nc1. The van der Waals surface area contributed by atoms with Crippen LogP contribution >= 0.6 is 0 Å². The summed E-state index contributed by atoms with van der Waals surface area (Å²) in [7, 11) is 0. The summed E-state index contributed by atoms with van der Waals surface area (Å²) >= 11 is 0. The van der Waals surface area contributed by atoms with Crippen molar-refractivity contribution in [3.05, 3.63) is 53.2 Å². The molecule has 0 unspecified atom stereocenters. The van der Waals surface area contributed by atoms with Crippen molar-refractivity contribution >= 4 is 10.9 Å². The number of hydrogen-bond acceptors (Lipinski definition) is 2. The molecular formula is C28H35N3. The Kier molecular flexibility index (Phi) is 4.72. The predicted molar refractivity (Wildman–Crippen MR) is 128 cm³/mol. The van der Waals surface area contributed by atoms with Gasteiger partial charge >= 0.3 is 0 Å². The van der Waals surface area contributed by atoms with Gasteiger partial charge in [0.15, 0.2) is 0 Å². The summed E-state index contributed by atoms with van der Waals surface area (Å²) in [6.45, 7) is 2.86. The lowest BCUT2D eigenvalue weighted by molar-refractivity contribution is -0.00513. The van der Waals surface area contributed by atoms with E-state index in [1.165, 1.54) is 66.2 Å². The zero-order valence-corrected chi connectivity index (χ0v) is 18.8. The third-order valence-corrected chi connectivity index (χ3v) is 8.61. The lowest BCUT2D eigenvalue weighted by atomic mass is 9.48. The molecule has 4 saturated carbocycles. The number of hydrogen-bond donors (Lipinski definition) is 2. The van der Waals surface area contributed by atoms with Gasteiger partial charge in [0.1, 0.15) is 0 Å². The number of aromatic amines is 1. The summed E-state index contributed by atoms with van der Waals surface area (Å²) in [5.74, 6) is 2.93. The molecule has 0 spiro atoms. The van der Waals surface area contributed by atoms with E-state index in [0.717, 1.165) is 49.3 Å². The zero-order chi connectivity index (χ0) is 21.0. The van der Waals surface area contributed by atoms with Crippen LogP contribution in [0.1, 0.15) is 68.1 Å². The summed E-state index contributed by atoms with van der Waals surface area (Å²) in [5, 5.41) is 1.42. The first-order valence-electron chi connectivity index (χ1n) is 12.4. The molecule has 2 heterocycles. The molecular weight excluding hydrogens is 378 g/mol. The van der Waals surface area contributed by atoms with E-state index in [4.69, 9.17) is 10.7 Å². The maximum absolute atomic E-state index is 5.82. The van der Waals surface area contributed by atoms with Crippen LogP contribution in [0.3, 0.4) is 0 Å². The fourth-order valence-corrected chi connectivity index (χ4v) is 7.58. The Bertz CT molecular complexity index is 1060. The molecule has 3 N–H and O–H groups in total. The minimum Gasteiger partial charge on any atom is -0.353 e. The first kappa shape index (κ1) is 19.5. The number of nitrogens with zero attached hydrogens (tertiary/aromatic N) is 1. The van der Waals surface area contributed by atoms with Gasteiger partial charge in [-0.1, -0.05) is 12.1 Å². The molecule has 7 rings (SSSR count). The van der Waals surface area contributed by atoms with E-state index in [-0.39, 0.29) is 0 Å². The number of aryl methyl sites for hydroxylation is 2. The normalized spacial score (nSPS) is 29.2. The molecule has 0 atom stereocenters. The van der Waals surface area contributed by atoms with Crippen LogP contribution < -0.4 is 5.73 Å². The van der Waals surface area contributed by atoms with E-state index >= 15 is 0 Å². The zero-order valence-electron chi connectivity index (χ0n) is 18.8. The molecule has 1 aromatic carbocycles. The maximum Gasteiger partial charge on any atom is 0.0867 e. The first-order valence-corrected chi connectivity index (χ1v) is 12.4. The highest BCUT2D eigenvalue weighted by molar-refractivity contribution is 5.91. The second kappa shape index (κ2) is 7.48. The molecule has 31 heavy (non-hydrogen) atoms. The molecule has 3 aromatic rings. The maximum atomic E-state index is 5.82. The highest BCUT2D eigenvalue weighted by Gasteiger charge is 2.51. The van der Waals surface area contributed by atoms with Gasteiger partial charge in [0, 0.05) is 17.1 Å². The second-order valence-electron chi connectivity index (χ2n) is 10.9. The van der Waals surface area contributed by atoms with Crippen molar-refractivity contribution in [2.24, 2.45) is 23.5 Å². The van der Waals surface area contributed by atoms with Gasteiger partial charge in [0.2, 0.25) is 0 Å². The van der Waals surface area contributed by atoms with Crippen molar-refractivity contribution < 1.29 is 0 Å². The van der Waals surface area contributed by atoms with Gasteiger partial charge in [-0.3, -0.25) is 4.98 Å². The van der Waals surface area contributed by atoms with Gasteiger partial charge in [-0.2, -0.15) is 0 Å². The molecule has 4 bridgehead atoms. The molecule has 4 aliphatic rings. The smallest absolute Gasteiger partial charge is 0.0867 e. The van der Waals surface area contributed by atoms with Crippen LogP contribution in [0.15, 0.2) is 36.5 Å². The van der Waals surface area contributed by atoms with Crippen molar-refractivity contribution in [3.63, 3.8) is 0 Å². The Morgan fingerprint density at radius 2 is 1.74 bits per heavy atom. The summed E-state index contributed by atoms with van der Waals surface area (Å²) < 4.78 is 0. The van der Waals surface area contributed by atoms with E-state index in [1.54, 1.807) is 5.56 Å². The van der Waals surface area contributed by atoms with Gasteiger partial charge in [-0.15, -0.1) is 0 Å². The van der Waals surface area contributed by atoms with Crippen LogP contribution in [0.4, 0.5) is 0 Å². The largest absolute Gasteiger partial charge is 0.353 e. The number of nitrogens with two attached hydrogens (primary N) is 1. The number of nitrogens with one attached hydrogen (secondary N) is 1. The molecule has 2 aromatic heterocycles. The third-order valence-electron chi connectivity index (χ3n) is 8.61. The van der Waals surface area contributed by atoms with Crippen molar-refractivity contribution in [2.45, 2.75) is 70.1 Å². The van der Waals surface area contributed by atoms with E-state index in [9.17, 15) is 0 Å². The molecule has 162 valence electrons. The van der Waals surface area contributed by atoms with Crippen LogP contribution in [-0.2, 0) is 11.8 Å². The van der Waals surface area contributed by atoms with Crippen molar-refractivity contribution in [1.82, 2.24) is 9.97 Å². The Morgan fingerprint density at radius 3 is 2.39 bits per heavy atom. The van der Waals surface area contributed by atoms with Crippen molar-refractivity contribution in [1.29, 1.82) is 0 Å². The summed E-state index contributed by atoms with van der Waals surface area (Å²) in [6, 6.07) is 11.7. The number of unbranched alkanes of at least 4 members (excludes halogenated alkanes) is 1. The fraction of sp³-hybridized carbons (Fsp3) is 0.536. The monoisotopic (exact) mass is 413 g/mol. The Balaban J connectivity index is 1.44. The van der Waals surface area contributed by atoms with Crippen LogP contribution in [0.25, 0.3) is 22.3 Å². The van der Waals surface area contributed by atoms with Crippen LogP contribution in [0.5, 0.6) is 0 Å². The summed E-state index contributed by atoms with van der Waals surface area (Å²) in [6.07, 6.45) is 14.0. The van der Waals surface area contributed by atoms with Gasteiger partial charge in [-0.25, -0.2) is 0 Å². The van der Waals surface area contributed by atoms with Crippen molar-refractivity contribution in [2.75, 3.05) is 6.54 Å². The van der Waals surface area contributed by atoms with Gasteiger partial charge < -0.3 is 10.7 Å². The quantitative estimate of drug-likeness (QED) is 0.467. The average Bonchev–Trinajstić information content (AvgIpc) is 3.11. The highest BCUT2D eigenvalue weighted by Crippen LogP contribution is 2.61. The molecule has 0 amide bonds. The number of rotatable bonds is 6. The Hall–Kier alpha value is -2.13. The Morgan fingerprint density at radius 1 is 1.00 bits per heavy atom. The number of aromatic nitrogens is 2. The third kappa shape index (κ3) is 3.33. The molecule has 4 aliphatic carbocycles. The number of fused-ring (bicyclic) bond motifs is 1. The molecule has 0 aliphatic heterocycles. The summed E-state index contributed by atoms with van der Waals surface area (Å²) in [5.41, 5.74) is 14.0. The molecule has 3 nitrogen and oxygen atoms in total. The van der Waals surface area contributed by atoms with Gasteiger partial charge in [0.25, 0.3) is 0 Å². The minimum absolute atomic E-state index is 0.441. The van der Waals surface area contributed by atoms with Crippen LogP contribution in [-0.4, -0.2) is 16.5 Å². The summed E-state index contributed by atoms with van der Waals surface area (Å²) in [4.78, 5) is 8.49. The molecule has 0 radical (unpaired) electrons. The first-order chi connectivity index (χ1) is 15.1. The lowest BCUT2D eigenvalue weighted by Gasteiger charge is -2.57. The van der Waals surface area contributed by atoms with Gasteiger partial charge in [-0.05, 0) is 129 Å². The number of H-pyrrole nitrogens is 1. The topological polar surface area (TPSA) is 54.7 Å². The van der Waals surface area contributed by atoms with E-state index in [2.05, 4.69) is 42.2 Å². The predicted octanol–water partition coefficient (Wildman–Crippen LogP) is 6.29. The molecule has 3 heteroatoms. The molecule has 0 saturated heterocycles. The standard InChI is InChI=1S/C28H35N3/c1-18-5-7-26(30-17-18)27-23(4-2-3-9-29)24-13-22(6-8-25(24)31-27)28-14-19-10-20(15-28)12-21(11-19)16-28/h5-8,13,17,19-21,31H,2-4,9-12,14-16,29H2,1H3. The minimum atomic E-state index is 0.441. The van der Waals surface area contributed by atoms with E-state index in [1.807, 2.05) is 6.20 Å². The van der Waals surface area contributed by atoms with Crippen molar-refractivity contribution in [3.8, 4) is 11.4 Å². The highest BCUT2D eigenvalue weighted by atomic mass is 14.8. The van der Waals surface area contributed by atoms with Crippen LogP contribution in [0, 0.1) is 24.7 Å². The average molecular weight is 414 g/mol.